The summed E-state index contributed by atoms with van der Waals surface area (Å²) in [6.45, 7) is 0. The van der Waals surface area contributed by atoms with Gasteiger partial charge in [0.1, 0.15) is 11.5 Å². The number of allylic oxidation sites excluding steroid dienone is 1. The monoisotopic (exact) mass is 286 g/mol. The smallest absolute Gasteiger partial charge is 0.189 e. The van der Waals surface area contributed by atoms with Gasteiger partial charge in [0.2, 0.25) is 0 Å². The van der Waals surface area contributed by atoms with Crippen molar-refractivity contribution < 1.29 is 15.0 Å². The van der Waals surface area contributed by atoms with Gasteiger partial charge in [0.15, 0.2) is 5.78 Å². The second-order valence-electron chi connectivity index (χ2n) is 4.17. The zero-order valence-electron chi connectivity index (χ0n) is 10.9. The van der Waals surface area contributed by atoms with Crippen LogP contribution < -0.4 is 0 Å². The van der Waals surface area contributed by atoms with Crippen LogP contribution in [0.25, 0.3) is 6.08 Å². The van der Waals surface area contributed by atoms with Crippen molar-refractivity contribution in [3.8, 4) is 11.5 Å². The molecule has 4 heteroatoms. The highest BCUT2D eigenvalue weighted by Crippen LogP contribution is 2.23. The van der Waals surface area contributed by atoms with Crippen LogP contribution in [0.15, 0.2) is 53.4 Å². The lowest BCUT2D eigenvalue weighted by Crippen LogP contribution is -1.94. The molecule has 2 aromatic carbocycles. The molecule has 20 heavy (non-hydrogen) atoms. The maximum atomic E-state index is 11.9. The Hall–Kier alpha value is -2.20. The first kappa shape index (κ1) is 14.2. The molecule has 0 saturated heterocycles. The van der Waals surface area contributed by atoms with Gasteiger partial charge in [-0.3, -0.25) is 4.79 Å². The van der Waals surface area contributed by atoms with Crippen molar-refractivity contribution in [2.24, 2.45) is 0 Å². The summed E-state index contributed by atoms with van der Waals surface area (Å²) in [5, 5.41) is 18.8. The van der Waals surface area contributed by atoms with Gasteiger partial charge in [-0.15, -0.1) is 11.8 Å². The van der Waals surface area contributed by atoms with E-state index in [-0.39, 0.29) is 22.8 Å². The first-order chi connectivity index (χ1) is 9.60. The third-order valence-electron chi connectivity index (χ3n) is 2.79. The summed E-state index contributed by atoms with van der Waals surface area (Å²) in [6.07, 6.45) is 5.10. The Morgan fingerprint density at radius 3 is 2.40 bits per heavy atom. The summed E-state index contributed by atoms with van der Waals surface area (Å²) in [5.74, 6) is -0.607. The van der Waals surface area contributed by atoms with Crippen LogP contribution in [-0.2, 0) is 0 Å². The fraction of sp³-hybridized carbons (Fsp3) is 0.0625. The van der Waals surface area contributed by atoms with E-state index in [0.717, 1.165) is 16.5 Å². The highest BCUT2D eigenvalue weighted by molar-refractivity contribution is 7.98. The van der Waals surface area contributed by atoms with E-state index in [2.05, 4.69) is 0 Å². The van der Waals surface area contributed by atoms with E-state index in [0.29, 0.717) is 0 Å². The zero-order chi connectivity index (χ0) is 14.5. The molecular formula is C16H14O3S. The predicted molar refractivity (Wildman–Crippen MR) is 81.4 cm³/mol. The standard InChI is InChI=1S/C16H14O3S/c1-20-13-6-2-11(3-7-13)4-9-15(18)14-8-5-12(17)10-16(14)19/h2-10,17,19H,1H3. The SMILES string of the molecule is CSc1ccc(C=CC(=O)c2ccc(O)cc2O)cc1. The zero-order valence-corrected chi connectivity index (χ0v) is 11.7. The lowest BCUT2D eigenvalue weighted by Gasteiger charge is -2.01. The van der Waals surface area contributed by atoms with Gasteiger partial charge in [-0.1, -0.05) is 18.2 Å². The summed E-state index contributed by atoms with van der Waals surface area (Å²) in [6, 6.07) is 11.7. The van der Waals surface area contributed by atoms with E-state index in [1.807, 2.05) is 30.5 Å². The van der Waals surface area contributed by atoms with Crippen molar-refractivity contribution in [1.82, 2.24) is 0 Å². The Morgan fingerprint density at radius 2 is 1.80 bits per heavy atom. The van der Waals surface area contributed by atoms with E-state index in [4.69, 9.17) is 0 Å². The number of aromatic hydroxyl groups is 2. The van der Waals surface area contributed by atoms with Crippen LogP contribution in [-0.4, -0.2) is 22.3 Å². The Balaban J connectivity index is 2.15. The molecule has 2 N–H and O–H groups in total. The molecule has 0 heterocycles. The molecule has 0 aliphatic rings. The van der Waals surface area contributed by atoms with Gasteiger partial charge in [-0.05, 0) is 42.2 Å². The van der Waals surface area contributed by atoms with E-state index < -0.39 is 0 Å². The van der Waals surface area contributed by atoms with Crippen LogP contribution in [0.4, 0.5) is 0 Å². The Bertz CT molecular complexity index is 645. The van der Waals surface area contributed by atoms with Crippen LogP contribution in [0.2, 0.25) is 0 Å². The molecule has 0 saturated carbocycles. The van der Waals surface area contributed by atoms with Crippen molar-refractivity contribution >= 4 is 23.6 Å². The van der Waals surface area contributed by atoms with Gasteiger partial charge >= 0.3 is 0 Å². The summed E-state index contributed by atoms with van der Waals surface area (Å²) < 4.78 is 0. The number of phenols is 2. The molecule has 0 aliphatic heterocycles. The fourth-order valence-corrected chi connectivity index (χ4v) is 2.11. The van der Waals surface area contributed by atoms with E-state index in [1.165, 1.54) is 18.2 Å². The number of ketones is 1. The highest BCUT2D eigenvalue weighted by Gasteiger charge is 2.08. The van der Waals surface area contributed by atoms with Crippen LogP contribution in [0.3, 0.4) is 0 Å². The number of thioether (sulfide) groups is 1. The molecule has 0 radical (unpaired) electrons. The number of carbonyl (C=O) groups excluding carboxylic acids is 1. The van der Waals surface area contributed by atoms with Gasteiger partial charge in [0.05, 0.1) is 5.56 Å². The van der Waals surface area contributed by atoms with Crippen molar-refractivity contribution in [1.29, 1.82) is 0 Å². The Kier molecular flexibility index (Phi) is 4.48. The van der Waals surface area contributed by atoms with Crippen molar-refractivity contribution in [3.63, 3.8) is 0 Å². The summed E-state index contributed by atoms with van der Waals surface area (Å²) in [7, 11) is 0. The van der Waals surface area contributed by atoms with Gasteiger partial charge < -0.3 is 10.2 Å². The van der Waals surface area contributed by atoms with Gasteiger partial charge in [-0.2, -0.15) is 0 Å². The molecule has 0 bridgehead atoms. The number of rotatable bonds is 4. The fourth-order valence-electron chi connectivity index (χ4n) is 1.71. The average molecular weight is 286 g/mol. The maximum Gasteiger partial charge on any atom is 0.189 e. The van der Waals surface area contributed by atoms with Crippen LogP contribution in [0.1, 0.15) is 15.9 Å². The minimum Gasteiger partial charge on any atom is -0.508 e. The minimum absolute atomic E-state index is 0.0734. The maximum absolute atomic E-state index is 11.9. The van der Waals surface area contributed by atoms with Crippen LogP contribution in [0.5, 0.6) is 11.5 Å². The van der Waals surface area contributed by atoms with Crippen molar-refractivity contribution in [2.75, 3.05) is 6.26 Å². The minimum atomic E-state index is -0.309. The molecule has 0 aliphatic carbocycles. The molecule has 0 fully saturated rings. The predicted octanol–water partition coefficient (Wildman–Crippen LogP) is 3.72. The molecule has 2 aromatic rings. The molecule has 2 rings (SSSR count). The molecule has 0 spiro atoms. The molecule has 3 nitrogen and oxygen atoms in total. The number of carbonyl (C=O) groups is 1. The first-order valence-corrected chi connectivity index (χ1v) is 7.21. The summed E-state index contributed by atoms with van der Waals surface area (Å²) in [5.41, 5.74) is 1.08. The van der Waals surface area contributed by atoms with E-state index >= 15 is 0 Å². The highest BCUT2D eigenvalue weighted by atomic mass is 32.2. The first-order valence-electron chi connectivity index (χ1n) is 5.98. The quantitative estimate of drug-likeness (QED) is 0.511. The lowest BCUT2D eigenvalue weighted by atomic mass is 10.1. The largest absolute Gasteiger partial charge is 0.508 e. The molecular weight excluding hydrogens is 272 g/mol. The average Bonchev–Trinajstić information content (AvgIpc) is 2.45. The van der Waals surface area contributed by atoms with Crippen molar-refractivity contribution in [2.45, 2.75) is 4.90 Å². The topological polar surface area (TPSA) is 57.5 Å². The third kappa shape index (κ3) is 3.42. The van der Waals surface area contributed by atoms with Gasteiger partial charge in [0, 0.05) is 11.0 Å². The van der Waals surface area contributed by atoms with Crippen LogP contribution >= 0.6 is 11.8 Å². The number of hydrogen-bond donors (Lipinski definition) is 2. The Labute approximate surface area is 121 Å². The van der Waals surface area contributed by atoms with Gasteiger partial charge in [-0.25, -0.2) is 0 Å². The summed E-state index contributed by atoms with van der Waals surface area (Å²) in [4.78, 5) is 13.1. The molecule has 0 amide bonds. The van der Waals surface area contributed by atoms with Crippen LogP contribution in [0, 0.1) is 0 Å². The normalized spacial score (nSPS) is 10.8. The van der Waals surface area contributed by atoms with E-state index in [9.17, 15) is 15.0 Å². The molecule has 0 unspecified atom stereocenters. The van der Waals surface area contributed by atoms with Gasteiger partial charge in [0.25, 0.3) is 0 Å². The second kappa shape index (κ2) is 6.30. The lowest BCUT2D eigenvalue weighted by molar-refractivity contribution is 0.104. The second-order valence-corrected chi connectivity index (χ2v) is 5.05. The Morgan fingerprint density at radius 1 is 1.10 bits per heavy atom. The van der Waals surface area contributed by atoms with Crippen molar-refractivity contribution in [3.05, 3.63) is 59.7 Å². The summed E-state index contributed by atoms with van der Waals surface area (Å²) >= 11 is 1.65. The molecule has 0 aromatic heterocycles. The molecule has 0 atom stereocenters. The number of phenolic OH excluding ortho intramolecular Hbond substituents is 2. The third-order valence-corrected chi connectivity index (χ3v) is 3.53. The molecule has 102 valence electrons. The number of hydrogen-bond acceptors (Lipinski definition) is 4. The number of benzene rings is 2. The van der Waals surface area contributed by atoms with E-state index in [1.54, 1.807) is 17.8 Å².